The monoisotopic (exact) mass is 604 g/mol. The first-order valence-corrected chi connectivity index (χ1v) is 16.6. The van der Waals surface area contributed by atoms with Crippen LogP contribution in [0.2, 0.25) is 0 Å². The summed E-state index contributed by atoms with van der Waals surface area (Å²) < 4.78 is 28.5. The smallest absolute Gasteiger partial charge is 0.341 e. The van der Waals surface area contributed by atoms with Gasteiger partial charge in [0.25, 0.3) is 0 Å². The van der Waals surface area contributed by atoms with Gasteiger partial charge in [-0.05, 0) is 54.4 Å². The van der Waals surface area contributed by atoms with Gasteiger partial charge < -0.3 is 23.7 Å². The molecular weight excluding hydrogens is 552 g/mol. The molecule has 0 spiro atoms. The lowest BCUT2D eigenvalue weighted by atomic mass is 10.1. The number of hydrogen-bond donors (Lipinski definition) is 0. The second kappa shape index (κ2) is 21.9. The first-order chi connectivity index (χ1) is 21.7. The predicted octanol–water partition coefficient (Wildman–Crippen LogP) is 9.98. The third-order valence-corrected chi connectivity index (χ3v) is 7.51. The molecule has 6 nitrogen and oxygen atoms in total. The van der Waals surface area contributed by atoms with E-state index in [-0.39, 0.29) is 0 Å². The SMILES string of the molecule is CCCCCCCCCCCCCCOc1ccc(OCCCOc2ccc(OCc3ccccc3)cc2)c(C(=O)OC)c1. The highest BCUT2D eigenvalue weighted by Gasteiger charge is 2.15. The highest BCUT2D eigenvalue weighted by Crippen LogP contribution is 2.26. The maximum absolute atomic E-state index is 12.4. The Hall–Kier alpha value is -3.67. The predicted molar refractivity (Wildman–Crippen MR) is 177 cm³/mol. The first kappa shape index (κ1) is 34.8. The molecule has 240 valence electrons. The molecule has 3 aromatic rings. The molecule has 0 aliphatic carbocycles. The summed E-state index contributed by atoms with van der Waals surface area (Å²) in [6.07, 6.45) is 16.3. The lowest BCUT2D eigenvalue weighted by molar-refractivity contribution is 0.0595. The Morgan fingerprint density at radius 2 is 1.07 bits per heavy atom. The third kappa shape index (κ3) is 14.2. The van der Waals surface area contributed by atoms with Crippen LogP contribution in [0.4, 0.5) is 0 Å². The summed E-state index contributed by atoms with van der Waals surface area (Å²) in [5, 5.41) is 0. The van der Waals surface area contributed by atoms with E-state index in [0.717, 1.165) is 29.9 Å². The van der Waals surface area contributed by atoms with Crippen molar-refractivity contribution in [3.05, 3.63) is 83.9 Å². The fourth-order valence-corrected chi connectivity index (χ4v) is 4.93. The molecule has 0 N–H and O–H groups in total. The molecule has 3 aromatic carbocycles. The molecule has 0 amide bonds. The minimum absolute atomic E-state index is 0.367. The van der Waals surface area contributed by atoms with Gasteiger partial charge in [0.05, 0.1) is 26.9 Å². The van der Waals surface area contributed by atoms with Gasteiger partial charge in [0.15, 0.2) is 0 Å². The second-order valence-corrected chi connectivity index (χ2v) is 11.2. The molecular formula is C38H52O6. The van der Waals surface area contributed by atoms with Gasteiger partial charge in [-0.15, -0.1) is 0 Å². The molecule has 44 heavy (non-hydrogen) atoms. The third-order valence-electron chi connectivity index (χ3n) is 7.51. The molecule has 0 fully saturated rings. The number of ether oxygens (including phenoxy) is 5. The first-order valence-electron chi connectivity index (χ1n) is 16.6. The van der Waals surface area contributed by atoms with Crippen molar-refractivity contribution >= 4 is 5.97 Å². The summed E-state index contributed by atoms with van der Waals surface area (Å²) in [4.78, 5) is 12.4. The lowest BCUT2D eigenvalue weighted by Gasteiger charge is -2.13. The minimum Gasteiger partial charge on any atom is -0.494 e. The maximum atomic E-state index is 12.4. The number of unbranched alkanes of at least 4 members (excludes halogenated alkanes) is 11. The fraction of sp³-hybridized carbons (Fsp3) is 0.500. The molecule has 0 unspecified atom stereocenters. The largest absolute Gasteiger partial charge is 0.494 e. The number of rotatable bonds is 24. The van der Waals surface area contributed by atoms with Crippen LogP contribution >= 0.6 is 0 Å². The van der Waals surface area contributed by atoms with E-state index >= 15 is 0 Å². The molecule has 0 saturated carbocycles. The lowest BCUT2D eigenvalue weighted by Crippen LogP contribution is -2.09. The van der Waals surface area contributed by atoms with E-state index in [4.69, 9.17) is 23.7 Å². The van der Waals surface area contributed by atoms with Crippen LogP contribution in [0.3, 0.4) is 0 Å². The molecule has 0 aliphatic rings. The van der Waals surface area contributed by atoms with Gasteiger partial charge in [0, 0.05) is 6.42 Å². The number of hydrogen-bond acceptors (Lipinski definition) is 6. The van der Waals surface area contributed by atoms with Crippen molar-refractivity contribution < 1.29 is 28.5 Å². The van der Waals surface area contributed by atoms with E-state index in [2.05, 4.69) is 6.92 Å². The summed E-state index contributed by atoms with van der Waals surface area (Å²) in [6, 6.07) is 23.0. The number of carbonyl (C=O) groups excluding carboxylic acids is 1. The summed E-state index contributed by atoms with van der Waals surface area (Å²) >= 11 is 0. The highest BCUT2D eigenvalue weighted by molar-refractivity contribution is 5.93. The Labute approximate surface area is 265 Å². The van der Waals surface area contributed by atoms with Crippen LogP contribution in [-0.4, -0.2) is 32.9 Å². The van der Waals surface area contributed by atoms with Crippen LogP contribution in [0.15, 0.2) is 72.8 Å². The van der Waals surface area contributed by atoms with E-state index in [9.17, 15) is 4.79 Å². The summed E-state index contributed by atoms with van der Waals surface area (Å²) in [6.45, 7) is 4.32. The van der Waals surface area contributed by atoms with Crippen molar-refractivity contribution in [3.8, 4) is 23.0 Å². The Bertz CT molecular complexity index is 1160. The molecule has 0 aliphatic heterocycles. The van der Waals surface area contributed by atoms with Crippen molar-refractivity contribution in [2.45, 2.75) is 97.0 Å². The van der Waals surface area contributed by atoms with Gasteiger partial charge in [0.2, 0.25) is 0 Å². The van der Waals surface area contributed by atoms with Crippen LogP contribution in [-0.2, 0) is 11.3 Å². The molecule has 0 saturated heterocycles. The van der Waals surface area contributed by atoms with Gasteiger partial charge in [0.1, 0.15) is 35.2 Å². The summed E-state index contributed by atoms with van der Waals surface area (Å²) in [5.41, 5.74) is 1.49. The molecule has 6 heteroatoms. The molecule has 0 radical (unpaired) electrons. The van der Waals surface area contributed by atoms with Gasteiger partial charge in [-0.2, -0.15) is 0 Å². The normalized spacial score (nSPS) is 10.8. The van der Waals surface area contributed by atoms with Gasteiger partial charge in [-0.1, -0.05) is 108 Å². The zero-order chi connectivity index (χ0) is 31.1. The number of benzene rings is 3. The quantitative estimate of drug-likeness (QED) is 0.0749. The fourth-order valence-electron chi connectivity index (χ4n) is 4.93. The summed E-state index contributed by atoms with van der Waals surface area (Å²) in [5.74, 6) is 2.25. The Morgan fingerprint density at radius 1 is 0.545 bits per heavy atom. The molecule has 0 heterocycles. The van der Waals surface area contributed by atoms with Crippen molar-refractivity contribution in [2.75, 3.05) is 26.9 Å². The van der Waals surface area contributed by atoms with Crippen molar-refractivity contribution in [2.24, 2.45) is 0 Å². The number of carbonyl (C=O) groups is 1. The molecule has 0 atom stereocenters. The minimum atomic E-state index is -0.443. The topological polar surface area (TPSA) is 63.2 Å². The Balaban J connectivity index is 1.28. The highest BCUT2D eigenvalue weighted by atomic mass is 16.5. The maximum Gasteiger partial charge on any atom is 0.341 e. The van der Waals surface area contributed by atoms with E-state index in [1.54, 1.807) is 12.1 Å². The van der Waals surface area contributed by atoms with Crippen molar-refractivity contribution in [3.63, 3.8) is 0 Å². The van der Waals surface area contributed by atoms with Gasteiger partial charge >= 0.3 is 5.97 Å². The van der Waals surface area contributed by atoms with Crippen LogP contribution in [0.25, 0.3) is 0 Å². The van der Waals surface area contributed by atoms with Gasteiger partial charge in [-0.3, -0.25) is 0 Å². The van der Waals surface area contributed by atoms with Crippen LogP contribution in [0.5, 0.6) is 23.0 Å². The van der Waals surface area contributed by atoms with Crippen LogP contribution < -0.4 is 18.9 Å². The molecule has 0 bridgehead atoms. The van der Waals surface area contributed by atoms with Crippen molar-refractivity contribution in [1.29, 1.82) is 0 Å². The van der Waals surface area contributed by atoms with E-state index in [0.29, 0.717) is 49.9 Å². The van der Waals surface area contributed by atoms with E-state index in [1.807, 2.05) is 60.7 Å². The van der Waals surface area contributed by atoms with E-state index in [1.165, 1.54) is 71.3 Å². The summed E-state index contributed by atoms with van der Waals surface area (Å²) in [7, 11) is 1.37. The average Bonchev–Trinajstić information content (AvgIpc) is 3.06. The number of methoxy groups -OCH3 is 1. The molecule has 3 rings (SSSR count). The number of esters is 1. The van der Waals surface area contributed by atoms with Crippen molar-refractivity contribution in [1.82, 2.24) is 0 Å². The van der Waals surface area contributed by atoms with Gasteiger partial charge in [-0.25, -0.2) is 4.79 Å². The van der Waals surface area contributed by atoms with Crippen LogP contribution in [0.1, 0.15) is 106 Å². The Morgan fingerprint density at radius 3 is 1.70 bits per heavy atom. The van der Waals surface area contributed by atoms with E-state index < -0.39 is 5.97 Å². The standard InChI is InChI=1S/C38H52O6/c1-3-4-5-6-7-8-9-10-11-12-13-17-27-42-35-25-26-37(36(30-35)38(39)40-2)43-29-18-28-41-33-21-23-34(24-22-33)44-31-32-19-15-14-16-20-32/h14-16,19-26,30H,3-13,17-18,27-29,31H2,1-2H3. The second-order valence-electron chi connectivity index (χ2n) is 11.2. The zero-order valence-electron chi connectivity index (χ0n) is 26.9. The Kier molecular flexibility index (Phi) is 17.4. The van der Waals surface area contributed by atoms with Crippen LogP contribution in [0, 0.1) is 0 Å². The average molecular weight is 605 g/mol. The zero-order valence-corrected chi connectivity index (χ0v) is 26.9. The molecule has 0 aromatic heterocycles.